The number of piperidine rings is 1. The van der Waals surface area contributed by atoms with Crippen LogP contribution in [0.15, 0.2) is 45.5 Å². The second-order valence-corrected chi connectivity index (χ2v) is 11.2. The number of rotatable bonds is 7. The van der Waals surface area contributed by atoms with Crippen molar-refractivity contribution in [1.29, 1.82) is 0 Å². The highest BCUT2D eigenvalue weighted by atomic mass is 32.2. The number of thiophene rings is 1. The molecule has 30 heavy (non-hydrogen) atoms. The number of nitrogens with one attached hydrogen (secondary N) is 1. The highest BCUT2D eigenvalue weighted by Gasteiger charge is 2.29. The number of para-hydroxylation sites is 1. The highest BCUT2D eigenvalue weighted by molar-refractivity contribution is 7.99. The molecule has 2 aromatic rings. The van der Waals surface area contributed by atoms with Crippen LogP contribution in [0.25, 0.3) is 0 Å². The van der Waals surface area contributed by atoms with Gasteiger partial charge in [0.1, 0.15) is 4.21 Å². The van der Waals surface area contributed by atoms with Crippen LogP contribution in [0.4, 0.5) is 18.9 Å². The summed E-state index contributed by atoms with van der Waals surface area (Å²) in [5.74, 6) is -1.47. The summed E-state index contributed by atoms with van der Waals surface area (Å²) in [6.45, 7) is 1.00. The Morgan fingerprint density at radius 2 is 1.80 bits per heavy atom. The third-order valence-corrected chi connectivity index (χ3v) is 9.02. The Morgan fingerprint density at radius 3 is 2.50 bits per heavy atom. The normalized spacial score (nSPS) is 15.8. The Morgan fingerprint density at radius 1 is 1.10 bits per heavy atom. The largest absolute Gasteiger partial charge is 0.398 e. The number of benzene rings is 1. The van der Waals surface area contributed by atoms with E-state index in [1.165, 1.54) is 22.5 Å². The van der Waals surface area contributed by atoms with Crippen LogP contribution in [0.2, 0.25) is 0 Å². The number of amides is 1. The second-order valence-electron chi connectivity index (χ2n) is 6.81. The molecule has 1 fully saturated rings. The molecule has 1 aromatic carbocycles. The summed E-state index contributed by atoms with van der Waals surface area (Å²) in [6.07, 6.45) is -1.67. The van der Waals surface area contributed by atoms with E-state index in [1.54, 1.807) is 18.2 Å². The molecule has 0 unspecified atom stereocenters. The highest BCUT2D eigenvalue weighted by Crippen LogP contribution is 2.32. The molecule has 0 bridgehead atoms. The number of anilines is 1. The number of hydrogen-bond acceptors (Lipinski definition) is 5. The molecule has 1 aromatic heterocycles. The number of thioether (sulfide) groups is 1. The van der Waals surface area contributed by atoms with Gasteiger partial charge >= 0.3 is 6.18 Å². The average Bonchev–Trinajstić information content (AvgIpc) is 3.16. The molecule has 1 aliphatic heterocycles. The molecule has 1 aliphatic rings. The molecule has 5 nitrogen and oxygen atoms in total. The fraction of sp³-hybridized carbons (Fsp3) is 0.421. The van der Waals surface area contributed by atoms with Crippen molar-refractivity contribution in [3.63, 3.8) is 0 Å². The van der Waals surface area contributed by atoms with Crippen LogP contribution in [0.5, 0.6) is 0 Å². The van der Waals surface area contributed by atoms with Gasteiger partial charge < -0.3 is 5.32 Å². The summed E-state index contributed by atoms with van der Waals surface area (Å²) in [5.41, 5.74) is 0.300. The molecular formula is C19H21F3N2O3S3. The minimum Gasteiger partial charge on any atom is -0.325 e. The lowest BCUT2D eigenvalue weighted by molar-refractivity contribution is -0.115. The van der Waals surface area contributed by atoms with E-state index in [1.807, 2.05) is 0 Å². The third-order valence-electron chi connectivity index (χ3n) is 4.43. The monoisotopic (exact) mass is 478 g/mol. The summed E-state index contributed by atoms with van der Waals surface area (Å²) in [7, 11) is -3.55. The van der Waals surface area contributed by atoms with Crippen LogP contribution in [0, 0.1) is 0 Å². The molecule has 3 rings (SSSR count). The maximum Gasteiger partial charge on any atom is 0.398 e. The molecule has 1 saturated heterocycles. The van der Waals surface area contributed by atoms with Gasteiger partial charge in [-0.2, -0.15) is 17.5 Å². The van der Waals surface area contributed by atoms with Crippen LogP contribution >= 0.6 is 23.1 Å². The van der Waals surface area contributed by atoms with Crippen LogP contribution in [0.1, 0.15) is 24.1 Å². The van der Waals surface area contributed by atoms with Gasteiger partial charge in [-0.05, 0) is 37.1 Å². The lowest BCUT2D eigenvalue weighted by Gasteiger charge is -2.25. The van der Waals surface area contributed by atoms with E-state index in [0.29, 0.717) is 40.3 Å². The number of halogens is 3. The van der Waals surface area contributed by atoms with Crippen LogP contribution in [-0.4, -0.2) is 43.6 Å². The predicted molar refractivity (Wildman–Crippen MR) is 112 cm³/mol. The lowest BCUT2D eigenvalue weighted by Crippen LogP contribution is -2.35. The van der Waals surface area contributed by atoms with E-state index in [4.69, 9.17) is 0 Å². The Bertz CT molecular complexity index is 984. The van der Waals surface area contributed by atoms with Gasteiger partial charge in [-0.3, -0.25) is 4.79 Å². The van der Waals surface area contributed by atoms with Crippen molar-refractivity contribution >= 4 is 44.7 Å². The first-order valence-corrected chi connectivity index (χ1v) is 12.6. The number of carbonyl (C=O) groups excluding carboxylic acids is 1. The summed E-state index contributed by atoms with van der Waals surface area (Å²) in [4.78, 5) is 13.3. The van der Waals surface area contributed by atoms with E-state index in [-0.39, 0.29) is 10.6 Å². The molecule has 11 heteroatoms. The number of sulfonamides is 1. The third kappa shape index (κ3) is 6.22. The smallest absolute Gasteiger partial charge is 0.325 e. The van der Waals surface area contributed by atoms with Gasteiger partial charge in [0.05, 0.1) is 17.9 Å². The number of carbonyl (C=O) groups is 1. The van der Waals surface area contributed by atoms with Gasteiger partial charge in [0.25, 0.3) is 10.0 Å². The van der Waals surface area contributed by atoms with E-state index < -0.39 is 27.9 Å². The molecule has 0 saturated carbocycles. The van der Waals surface area contributed by atoms with Crippen LogP contribution in [-0.2, 0) is 21.2 Å². The summed E-state index contributed by atoms with van der Waals surface area (Å²) in [6, 6.07) is 9.39. The minimum absolute atomic E-state index is 0.0571. The molecule has 2 heterocycles. The SMILES string of the molecule is O=C(Cc1ccc(S(=O)(=O)N2CCCCC2)s1)Nc1ccccc1SCC(F)(F)F. The van der Waals surface area contributed by atoms with E-state index >= 15 is 0 Å². The van der Waals surface area contributed by atoms with Crippen molar-refractivity contribution in [2.24, 2.45) is 0 Å². The zero-order chi connectivity index (χ0) is 21.8. The number of alkyl halides is 3. The van der Waals surface area contributed by atoms with Crippen molar-refractivity contribution in [2.45, 2.75) is 41.0 Å². The predicted octanol–water partition coefficient (Wildman–Crippen LogP) is 4.76. The first-order valence-electron chi connectivity index (χ1n) is 9.32. The van der Waals surface area contributed by atoms with Gasteiger partial charge in [-0.25, -0.2) is 8.42 Å². The molecule has 164 valence electrons. The van der Waals surface area contributed by atoms with Crippen molar-refractivity contribution in [3.05, 3.63) is 41.3 Å². The van der Waals surface area contributed by atoms with Crippen LogP contribution < -0.4 is 5.32 Å². The summed E-state index contributed by atoms with van der Waals surface area (Å²) in [5, 5.41) is 2.63. The van der Waals surface area contributed by atoms with Gasteiger partial charge in [0, 0.05) is 22.9 Å². The van der Waals surface area contributed by atoms with Crippen molar-refractivity contribution in [3.8, 4) is 0 Å². The Balaban J connectivity index is 1.64. The minimum atomic E-state index is -4.31. The van der Waals surface area contributed by atoms with Gasteiger partial charge in [0.2, 0.25) is 5.91 Å². The molecule has 0 aliphatic carbocycles. The number of nitrogens with zero attached hydrogens (tertiary/aromatic N) is 1. The maximum atomic E-state index is 12.7. The van der Waals surface area contributed by atoms with Gasteiger partial charge in [0.15, 0.2) is 0 Å². The molecule has 0 spiro atoms. The first kappa shape index (κ1) is 23.1. The molecular weight excluding hydrogens is 457 g/mol. The summed E-state index contributed by atoms with van der Waals surface area (Å²) >= 11 is 1.65. The Kier molecular flexibility index (Phi) is 7.48. The molecule has 0 radical (unpaired) electrons. The standard InChI is InChI=1S/C19H21F3N2O3S3/c20-19(21,22)13-28-16-7-3-2-6-15(16)23-17(25)12-14-8-9-18(29-14)30(26,27)24-10-4-1-5-11-24/h2-3,6-9H,1,4-5,10-13H2,(H,23,25). The first-order chi connectivity index (χ1) is 14.1. The fourth-order valence-corrected chi connectivity index (χ4v) is 6.83. The van der Waals surface area contributed by atoms with Crippen molar-refractivity contribution in [1.82, 2.24) is 4.31 Å². The second kappa shape index (κ2) is 9.71. The molecule has 1 amide bonds. The molecule has 1 N–H and O–H groups in total. The van der Waals surface area contributed by atoms with Gasteiger partial charge in [-0.1, -0.05) is 18.6 Å². The quantitative estimate of drug-likeness (QED) is 0.583. The molecule has 0 atom stereocenters. The van der Waals surface area contributed by atoms with Gasteiger partial charge in [-0.15, -0.1) is 23.1 Å². The maximum absolute atomic E-state index is 12.7. The average molecular weight is 479 g/mol. The number of hydrogen-bond donors (Lipinski definition) is 1. The van der Waals surface area contributed by atoms with Crippen molar-refractivity contribution < 1.29 is 26.4 Å². The zero-order valence-electron chi connectivity index (χ0n) is 15.9. The zero-order valence-corrected chi connectivity index (χ0v) is 18.4. The lowest BCUT2D eigenvalue weighted by atomic mass is 10.2. The fourth-order valence-electron chi connectivity index (χ4n) is 3.03. The van der Waals surface area contributed by atoms with E-state index in [0.717, 1.165) is 30.6 Å². The van der Waals surface area contributed by atoms with E-state index in [9.17, 15) is 26.4 Å². The van der Waals surface area contributed by atoms with Crippen molar-refractivity contribution in [2.75, 3.05) is 24.2 Å². The van der Waals surface area contributed by atoms with Crippen LogP contribution in [0.3, 0.4) is 0 Å². The topological polar surface area (TPSA) is 66.5 Å². The van der Waals surface area contributed by atoms with E-state index in [2.05, 4.69) is 5.32 Å². The summed E-state index contributed by atoms with van der Waals surface area (Å²) < 4.78 is 64.6. The Labute approximate surface area is 181 Å². The Hall–Kier alpha value is -1.56.